The fourth-order valence-electron chi connectivity index (χ4n) is 4.08. The highest BCUT2D eigenvalue weighted by molar-refractivity contribution is 5.79. The molecule has 2 aliphatic rings. The van der Waals surface area contributed by atoms with Crippen LogP contribution in [0.4, 0.5) is 0 Å². The van der Waals surface area contributed by atoms with Crippen molar-refractivity contribution in [2.24, 2.45) is 0 Å². The molecule has 0 amide bonds. The molecule has 4 heteroatoms. The Morgan fingerprint density at radius 2 is 1.70 bits per heavy atom. The van der Waals surface area contributed by atoms with Crippen molar-refractivity contribution in [3.05, 3.63) is 0 Å². The molecular formula is C16H30N2O2. The lowest BCUT2D eigenvalue weighted by Gasteiger charge is -2.43. The number of aliphatic carboxylic acids is 1. The monoisotopic (exact) mass is 282 g/mol. The number of likely N-dealkylation sites (N-methyl/N-ethyl adjacent to an activating group) is 1. The lowest BCUT2D eigenvalue weighted by molar-refractivity contribution is -0.147. The van der Waals surface area contributed by atoms with Crippen LogP contribution in [0.1, 0.15) is 64.2 Å². The lowest BCUT2D eigenvalue weighted by Crippen LogP contribution is -2.57. The summed E-state index contributed by atoms with van der Waals surface area (Å²) in [4.78, 5) is 14.1. The first-order valence-corrected chi connectivity index (χ1v) is 8.23. The van der Waals surface area contributed by atoms with Crippen LogP contribution in [0.3, 0.4) is 0 Å². The third kappa shape index (κ3) is 3.34. The van der Waals surface area contributed by atoms with E-state index in [-0.39, 0.29) is 0 Å². The highest BCUT2D eigenvalue weighted by atomic mass is 16.4. The number of carbonyl (C=O) groups is 1. The smallest absolute Gasteiger partial charge is 0.323 e. The molecule has 0 heterocycles. The van der Waals surface area contributed by atoms with E-state index in [1.54, 1.807) is 7.05 Å². The van der Waals surface area contributed by atoms with Crippen LogP contribution in [-0.2, 0) is 4.79 Å². The number of nitrogens with zero attached hydrogens (tertiary/aromatic N) is 1. The zero-order chi connectivity index (χ0) is 14.6. The maximum atomic E-state index is 11.6. The van der Waals surface area contributed by atoms with Gasteiger partial charge in [0.25, 0.3) is 0 Å². The van der Waals surface area contributed by atoms with E-state index in [1.165, 1.54) is 38.5 Å². The van der Waals surface area contributed by atoms with Crippen molar-refractivity contribution in [1.82, 2.24) is 10.2 Å². The second-order valence-corrected chi connectivity index (χ2v) is 6.70. The van der Waals surface area contributed by atoms with E-state index < -0.39 is 11.5 Å². The Hall–Kier alpha value is -0.610. The number of rotatable bonds is 4. The Balaban J connectivity index is 2.01. The van der Waals surface area contributed by atoms with Crippen LogP contribution in [0.2, 0.25) is 0 Å². The second kappa shape index (κ2) is 6.90. The van der Waals surface area contributed by atoms with E-state index in [2.05, 4.69) is 17.3 Å². The molecule has 4 nitrogen and oxygen atoms in total. The van der Waals surface area contributed by atoms with Crippen molar-refractivity contribution in [3.63, 3.8) is 0 Å². The summed E-state index contributed by atoms with van der Waals surface area (Å²) in [5.41, 5.74) is -0.706. The van der Waals surface area contributed by atoms with Crippen molar-refractivity contribution in [3.8, 4) is 0 Å². The summed E-state index contributed by atoms with van der Waals surface area (Å²) in [5, 5.41) is 12.7. The summed E-state index contributed by atoms with van der Waals surface area (Å²) in [6.07, 6.45) is 11.6. The predicted octanol–water partition coefficient (Wildman–Crippen LogP) is 2.63. The molecule has 0 aliphatic heterocycles. The van der Waals surface area contributed by atoms with Crippen LogP contribution in [0.15, 0.2) is 0 Å². The molecule has 2 saturated carbocycles. The molecule has 0 radical (unpaired) electrons. The average molecular weight is 282 g/mol. The van der Waals surface area contributed by atoms with Gasteiger partial charge < -0.3 is 15.3 Å². The first kappa shape index (κ1) is 15.8. The van der Waals surface area contributed by atoms with Crippen LogP contribution >= 0.6 is 0 Å². The van der Waals surface area contributed by atoms with Gasteiger partial charge in [-0.2, -0.15) is 0 Å². The number of hydrogen-bond donors (Lipinski definition) is 2. The van der Waals surface area contributed by atoms with Crippen molar-refractivity contribution in [2.75, 3.05) is 14.1 Å². The molecule has 0 saturated heterocycles. The Kier molecular flexibility index (Phi) is 5.44. The number of nitrogens with one attached hydrogen (secondary N) is 1. The molecule has 2 rings (SSSR count). The summed E-state index contributed by atoms with van der Waals surface area (Å²) in [7, 11) is 4.01. The predicted molar refractivity (Wildman–Crippen MR) is 80.9 cm³/mol. The first-order valence-electron chi connectivity index (χ1n) is 8.23. The lowest BCUT2D eigenvalue weighted by atomic mass is 9.78. The van der Waals surface area contributed by atoms with E-state index in [4.69, 9.17) is 0 Å². The Labute approximate surface area is 122 Å². The molecule has 20 heavy (non-hydrogen) atoms. The van der Waals surface area contributed by atoms with Gasteiger partial charge in [0, 0.05) is 12.1 Å². The van der Waals surface area contributed by atoms with Crippen LogP contribution in [-0.4, -0.2) is 47.7 Å². The Morgan fingerprint density at radius 1 is 1.10 bits per heavy atom. The van der Waals surface area contributed by atoms with E-state index >= 15 is 0 Å². The third-order valence-corrected chi connectivity index (χ3v) is 5.59. The Bertz CT molecular complexity index is 326. The van der Waals surface area contributed by atoms with Gasteiger partial charge in [0.05, 0.1) is 0 Å². The quantitative estimate of drug-likeness (QED) is 0.778. The number of carboxylic acids is 1. The summed E-state index contributed by atoms with van der Waals surface area (Å²) >= 11 is 0. The maximum Gasteiger partial charge on any atom is 0.323 e. The van der Waals surface area contributed by atoms with Crippen LogP contribution in [0, 0.1) is 0 Å². The topological polar surface area (TPSA) is 52.6 Å². The van der Waals surface area contributed by atoms with Gasteiger partial charge in [0.2, 0.25) is 0 Å². The molecule has 0 aromatic heterocycles. The minimum Gasteiger partial charge on any atom is -0.480 e. The summed E-state index contributed by atoms with van der Waals surface area (Å²) in [6.45, 7) is 0. The Morgan fingerprint density at radius 3 is 2.25 bits per heavy atom. The minimum absolute atomic E-state index is 0.412. The molecule has 2 N–H and O–H groups in total. The molecule has 2 fully saturated rings. The van der Waals surface area contributed by atoms with E-state index in [0.717, 1.165) is 25.7 Å². The zero-order valence-corrected chi connectivity index (χ0v) is 13.0. The summed E-state index contributed by atoms with van der Waals surface area (Å²) in [6, 6.07) is 1.07. The van der Waals surface area contributed by atoms with Gasteiger partial charge >= 0.3 is 5.97 Å². The normalized spacial score (nSPS) is 33.0. The molecule has 116 valence electrons. The molecule has 2 aliphatic carbocycles. The van der Waals surface area contributed by atoms with Crippen LogP contribution in [0.25, 0.3) is 0 Å². The van der Waals surface area contributed by atoms with Gasteiger partial charge in [-0.15, -0.1) is 0 Å². The molecule has 2 atom stereocenters. The van der Waals surface area contributed by atoms with Gasteiger partial charge in [-0.25, -0.2) is 0 Å². The molecular weight excluding hydrogens is 252 g/mol. The fourth-order valence-corrected chi connectivity index (χ4v) is 4.08. The molecule has 0 bridgehead atoms. The largest absolute Gasteiger partial charge is 0.480 e. The standard InChI is InChI=1S/C16H30N2O2/c1-17-16(15(19)20)11-7-10-14(12-16)18(2)13-8-5-3-4-6-9-13/h13-14,17H,3-12H2,1-2H3,(H,19,20). The van der Waals surface area contributed by atoms with E-state index in [1.807, 2.05) is 0 Å². The van der Waals surface area contributed by atoms with Gasteiger partial charge in [-0.3, -0.25) is 4.79 Å². The van der Waals surface area contributed by atoms with Gasteiger partial charge in [-0.1, -0.05) is 25.7 Å². The highest BCUT2D eigenvalue weighted by Gasteiger charge is 2.43. The summed E-state index contributed by atoms with van der Waals surface area (Å²) < 4.78 is 0. The van der Waals surface area contributed by atoms with Crippen LogP contribution < -0.4 is 5.32 Å². The maximum absolute atomic E-state index is 11.6. The summed E-state index contributed by atoms with van der Waals surface area (Å²) in [5.74, 6) is -0.682. The zero-order valence-electron chi connectivity index (χ0n) is 13.0. The van der Waals surface area contributed by atoms with E-state index in [0.29, 0.717) is 12.1 Å². The highest BCUT2D eigenvalue weighted by Crippen LogP contribution is 2.33. The first-order chi connectivity index (χ1) is 9.59. The van der Waals surface area contributed by atoms with Gasteiger partial charge in [-0.05, 0) is 52.6 Å². The van der Waals surface area contributed by atoms with Gasteiger partial charge in [0.15, 0.2) is 0 Å². The molecule has 0 aromatic rings. The third-order valence-electron chi connectivity index (χ3n) is 5.59. The number of carboxylic acid groups (broad SMARTS) is 1. The average Bonchev–Trinajstić information content (AvgIpc) is 2.75. The van der Waals surface area contributed by atoms with Gasteiger partial charge in [0.1, 0.15) is 5.54 Å². The van der Waals surface area contributed by atoms with Crippen molar-refractivity contribution in [1.29, 1.82) is 0 Å². The molecule has 2 unspecified atom stereocenters. The van der Waals surface area contributed by atoms with Crippen molar-refractivity contribution < 1.29 is 9.90 Å². The van der Waals surface area contributed by atoms with Crippen LogP contribution in [0.5, 0.6) is 0 Å². The second-order valence-electron chi connectivity index (χ2n) is 6.70. The number of hydrogen-bond acceptors (Lipinski definition) is 3. The molecule has 0 spiro atoms. The fraction of sp³-hybridized carbons (Fsp3) is 0.938. The van der Waals surface area contributed by atoms with E-state index in [9.17, 15) is 9.90 Å². The van der Waals surface area contributed by atoms with Crippen molar-refractivity contribution in [2.45, 2.75) is 81.8 Å². The minimum atomic E-state index is -0.706. The van der Waals surface area contributed by atoms with Crippen molar-refractivity contribution >= 4 is 5.97 Å². The SMILES string of the molecule is CNC1(C(=O)O)CCCC(N(C)C2CCCCCC2)C1. The molecule has 0 aromatic carbocycles.